The van der Waals surface area contributed by atoms with Crippen LogP contribution in [-0.2, 0) is 5.41 Å². The largest absolute Gasteiger partial charge is 0.340 e. The van der Waals surface area contributed by atoms with Crippen molar-refractivity contribution in [2.75, 3.05) is 5.32 Å². The first kappa shape index (κ1) is 14.0. The Morgan fingerprint density at radius 3 is 2.42 bits per heavy atom. The smallest absolute Gasteiger partial charge is 0.137 e. The predicted octanol–water partition coefficient (Wildman–Crippen LogP) is 4.59. The molecular formula is C15H18BrN3. The Morgan fingerprint density at radius 1 is 1.11 bits per heavy atom. The summed E-state index contributed by atoms with van der Waals surface area (Å²) in [6, 6.07) is 10.0. The second-order valence-electron chi connectivity index (χ2n) is 5.59. The predicted molar refractivity (Wildman–Crippen MR) is 82.9 cm³/mol. The number of hydrogen-bond donors (Lipinski definition) is 1. The van der Waals surface area contributed by atoms with Crippen molar-refractivity contribution < 1.29 is 0 Å². The molecular weight excluding hydrogens is 302 g/mol. The van der Waals surface area contributed by atoms with Gasteiger partial charge in [-0.25, -0.2) is 9.97 Å². The number of aryl methyl sites for hydroxylation is 1. The standard InChI is InChI=1S/C15H18BrN3/c1-10-7-5-6-8-11(10)17-13-9-12(16)18-14(19-13)15(2,3)4/h5-9H,1-4H3,(H,17,18,19). The van der Waals surface area contributed by atoms with Crippen molar-refractivity contribution in [2.24, 2.45) is 0 Å². The van der Waals surface area contributed by atoms with Crippen LogP contribution in [0.2, 0.25) is 0 Å². The molecule has 2 aromatic rings. The molecule has 0 saturated carbocycles. The van der Waals surface area contributed by atoms with Gasteiger partial charge in [0, 0.05) is 17.2 Å². The molecule has 0 spiro atoms. The number of benzene rings is 1. The van der Waals surface area contributed by atoms with Crippen LogP contribution < -0.4 is 5.32 Å². The van der Waals surface area contributed by atoms with Gasteiger partial charge in [-0.2, -0.15) is 0 Å². The van der Waals surface area contributed by atoms with Crippen molar-refractivity contribution in [3.63, 3.8) is 0 Å². The Morgan fingerprint density at radius 2 is 1.79 bits per heavy atom. The summed E-state index contributed by atoms with van der Waals surface area (Å²) in [5, 5.41) is 3.34. The minimum absolute atomic E-state index is 0.0774. The highest BCUT2D eigenvalue weighted by Gasteiger charge is 2.18. The van der Waals surface area contributed by atoms with Gasteiger partial charge in [-0.15, -0.1) is 0 Å². The number of nitrogens with one attached hydrogen (secondary N) is 1. The van der Waals surface area contributed by atoms with E-state index in [1.165, 1.54) is 5.56 Å². The highest BCUT2D eigenvalue weighted by atomic mass is 79.9. The lowest BCUT2D eigenvalue weighted by Gasteiger charge is -2.18. The van der Waals surface area contributed by atoms with E-state index < -0.39 is 0 Å². The monoisotopic (exact) mass is 319 g/mol. The first-order valence-electron chi connectivity index (χ1n) is 6.24. The Balaban J connectivity index is 2.36. The molecule has 4 heteroatoms. The molecule has 1 aromatic carbocycles. The lowest BCUT2D eigenvalue weighted by atomic mass is 9.96. The fourth-order valence-electron chi connectivity index (χ4n) is 1.67. The molecule has 1 aromatic heterocycles. The summed E-state index contributed by atoms with van der Waals surface area (Å²) in [5.74, 6) is 1.62. The van der Waals surface area contributed by atoms with Gasteiger partial charge in [0.25, 0.3) is 0 Å². The third-order valence-corrected chi connectivity index (χ3v) is 3.18. The highest BCUT2D eigenvalue weighted by Crippen LogP contribution is 2.25. The minimum Gasteiger partial charge on any atom is -0.340 e. The van der Waals surface area contributed by atoms with Gasteiger partial charge in [0.15, 0.2) is 0 Å². The molecule has 0 fully saturated rings. The fourth-order valence-corrected chi connectivity index (χ4v) is 2.05. The highest BCUT2D eigenvalue weighted by molar-refractivity contribution is 9.10. The lowest BCUT2D eigenvalue weighted by Crippen LogP contribution is -2.17. The molecule has 2 rings (SSSR count). The molecule has 1 N–H and O–H groups in total. The second-order valence-corrected chi connectivity index (χ2v) is 6.40. The van der Waals surface area contributed by atoms with E-state index in [4.69, 9.17) is 0 Å². The zero-order chi connectivity index (χ0) is 14.0. The number of rotatable bonds is 2. The van der Waals surface area contributed by atoms with E-state index in [1.54, 1.807) is 0 Å². The van der Waals surface area contributed by atoms with E-state index in [9.17, 15) is 0 Å². The molecule has 19 heavy (non-hydrogen) atoms. The number of nitrogens with zero attached hydrogens (tertiary/aromatic N) is 2. The molecule has 0 radical (unpaired) electrons. The number of para-hydroxylation sites is 1. The van der Waals surface area contributed by atoms with E-state index in [0.29, 0.717) is 0 Å². The molecule has 1 heterocycles. The van der Waals surface area contributed by atoms with Gasteiger partial charge in [-0.05, 0) is 34.5 Å². The molecule has 3 nitrogen and oxygen atoms in total. The van der Waals surface area contributed by atoms with Gasteiger partial charge in [-0.3, -0.25) is 0 Å². The summed E-state index contributed by atoms with van der Waals surface area (Å²) in [6.07, 6.45) is 0. The van der Waals surface area contributed by atoms with Crippen molar-refractivity contribution in [3.05, 3.63) is 46.3 Å². The summed E-state index contributed by atoms with van der Waals surface area (Å²) in [5.41, 5.74) is 2.17. The van der Waals surface area contributed by atoms with Crippen LogP contribution >= 0.6 is 15.9 Å². The summed E-state index contributed by atoms with van der Waals surface area (Å²) in [4.78, 5) is 9.02. The van der Waals surface area contributed by atoms with Crippen LogP contribution in [0.3, 0.4) is 0 Å². The average Bonchev–Trinajstić information content (AvgIpc) is 2.30. The third kappa shape index (κ3) is 3.53. The van der Waals surface area contributed by atoms with Gasteiger partial charge in [-0.1, -0.05) is 39.0 Å². The van der Waals surface area contributed by atoms with Gasteiger partial charge in [0.1, 0.15) is 16.2 Å². The number of halogens is 1. The van der Waals surface area contributed by atoms with Crippen molar-refractivity contribution in [1.82, 2.24) is 9.97 Å². The lowest BCUT2D eigenvalue weighted by molar-refractivity contribution is 0.544. The quantitative estimate of drug-likeness (QED) is 0.823. The first-order valence-corrected chi connectivity index (χ1v) is 7.03. The Labute approximate surface area is 122 Å². The summed E-state index contributed by atoms with van der Waals surface area (Å²) >= 11 is 3.45. The number of hydrogen-bond acceptors (Lipinski definition) is 3. The van der Waals surface area contributed by atoms with Crippen molar-refractivity contribution in [3.8, 4) is 0 Å². The average molecular weight is 320 g/mol. The molecule has 0 bridgehead atoms. The maximum atomic E-state index is 4.59. The van der Waals surface area contributed by atoms with Crippen LogP contribution in [0, 0.1) is 6.92 Å². The van der Waals surface area contributed by atoms with E-state index >= 15 is 0 Å². The van der Waals surface area contributed by atoms with E-state index in [-0.39, 0.29) is 5.41 Å². The van der Waals surface area contributed by atoms with E-state index in [2.05, 4.69) is 65.0 Å². The Kier molecular flexibility index (Phi) is 3.90. The Hall–Kier alpha value is -1.42. The SMILES string of the molecule is Cc1ccccc1Nc1cc(Br)nc(C(C)(C)C)n1. The first-order chi connectivity index (χ1) is 8.86. The maximum Gasteiger partial charge on any atom is 0.137 e. The molecule has 100 valence electrons. The molecule has 0 aliphatic rings. The van der Waals surface area contributed by atoms with Crippen molar-refractivity contribution in [1.29, 1.82) is 0 Å². The van der Waals surface area contributed by atoms with Crippen LogP contribution in [0.1, 0.15) is 32.2 Å². The van der Waals surface area contributed by atoms with Crippen LogP contribution in [0.4, 0.5) is 11.5 Å². The number of aromatic nitrogens is 2. The summed E-state index contributed by atoms with van der Waals surface area (Å²) < 4.78 is 0.795. The van der Waals surface area contributed by atoms with Gasteiger partial charge >= 0.3 is 0 Å². The van der Waals surface area contributed by atoms with E-state index in [1.807, 2.05) is 24.3 Å². The minimum atomic E-state index is -0.0774. The maximum absolute atomic E-state index is 4.59. The van der Waals surface area contributed by atoms with Crippen LogP contribution in [0.5, 0.6) is 0 Å². The van der Waals surface area contributed by atoms with Crippen LogP contribution in [0.15, 0.2) is 34.9 Å². The molecule has 0 atom stereocenters. The molecule has 0 amide bonds. The topological polar surface area (TPSA) is 37.8 Å². The molecule has 0 unspecified atom stereocenters. The third-order valence-electron chi connectivity index (χ3n) is 2.77. The zero-order valence-corrected chi connectivity index (χ0v) is 13.2. The molecule has 0 aliphatic heterocycles. The van der Waals surface area contributed by atoms with Gasteiger partial charge in [0.05, 0.1) is 0 Å². The molecule has 0 saturated heterocycles. The fraction of sp³-hybridized carbons (Fsp3) is 0.333. The summed E-state index contributed by atoms with van der Waals surface area (Å²) in [7, 11) is 0. The van der Waals surface area contributed by atoms with E-state index in [0.717, 1.165) is 21.9 Å². The molecule has 0 aliphatic carbocycles. The van der Waals surface area contributed by atoms with Crippen LogP contribution in [-0.4, -0.2) is 9.97 Å². The zero-order valence-electron chi connectivity index (χ0n) is 11.7. The van der Waals surface area contributed by atoms with Crippen molar-refractivity contribution >= 4 is 27.4 Å². The Bertz CT molecular complexity index is 588. The number of anilines is 2. The van der Waals surface area contributed by atoms with Gasteiger partial charge < -0.3 is 5.32 Å². The second kappa shape index (κ2) is 5.29. The van der Waals surface area contributed by atoms with Crippen molar-refractivity contribution in [2.45, 2.75) is 33.1 Å². The van der Waals surface area contributed by atoms with Crippen LogP contribution in [0.25, 0.3) is 0 Å². The van der Waals surface area contributed by atoms with Gasteiger partial charge in [0.2, 0.25) is 0 Å². The normalized spacial score (nSPS) is 11.4. The summed E-state index contributed by atoms with van der Waals surface area (Å²) in [6.45, 7) is 8.38.